The highest BCUT2D eigenvalue weighted by atomic mass is 32.2. The lowest BCUT2D eigenvalue weighted by atomic mass is 9.96. The summed E-state index contributed by atoms with van der Waals surface area (Å²) in [5.41, 5.74) is 0.794. The molecular formula is C15H22F2N2O3S. The second-order valence-corrected chi connectivity index (χ2v) is 7.85. The number of hydrogen-bond donors (Lipinski definition) is 0. The molecule has 2 rings (SSSR count). The lowest BCUT2D eigenvalue weighted by Gasteiger charge is -2.37. The molecule has 0 amide bonds. The van der Waals surface area contributed by atoms with Crippen LogP contribution < -0.4 is 0 Å². The Kier molecular flexibility index (Phi) is 6.05. The molecule has 0 saturated carbocycles. The Morgan fingerprint density at radius 1 is 1.48 bits per heavy atom. The van der Waals surface area contributed by atoms with Gasteiger partial charge in [0.2, 0.25) is 10.0 Å². The summed E-state index contributed by atoms with van der Waals surface area (Å²) in [6.07, 6.45) is 3.24. The summed E-state index contributed by atoms with van der Waals surface area (Å²) in [5, 5.41) is 0. The highest BCUT2D eigenvalue weighted by Crippen LogP contribution is 2.35. The molecule has 1 aliphatic rings. The van der Waals surface area contributed by atoms with Gasteiger partial charge in [-0.25, -0.2) is 21.5 Å². The second kappa shape index (κ2) is 7.63. The van der Waals surface area contributed by atoms with E-state index >= 15 is 0 Å². The molecular weight excluding hydrogens is 326 g/mol. The predicted molar refractivity (Wildman–Crippen MR) is 82.6 cm³/mol. The molecule has 1 aliphatic heterocycles. The third-order valence-corrected chi connectivity index (χ3v) is 5.92. The summed E-state index contributed by atoms with van der Waals surface area (Å²) in [6, 6.07) is 3.54. The summed E-state index contributed by atoms with van der Waals surface area (Å²) in [7, 11) is -3.46. The van der Waals surface area contributed by atoms with E-state index in [9.17, 15) is 17.2 Å². The molecule has 1 aromatic heterocycles. The zero-order valence-electron chi connectivity index (χ0n) is 13.1. The van der Waals surface area contributed by atoms with Gasteiger partial charge in [-0.15, -0.1) is 0 Å². The van der Waals surface area contributed by atoms with Gasteiger partial charge in [0.05, 0.1) is 24.9 Å². The molecule has 5 nitrogen and oxygen atoms in total. The van der Waals surface area contributed by atoms with E-state index in [-0.39, 0.29) is 32.1 Å². The monoisotopic (exact) mass is 348 g/mol. The average molecular weight is 348 g/mol. The second-order valence-electron chi connectivity index (χ2n) is 5.76. The third-order valence-electron chi connectivity index (χ3n) is 3.88. The zero-order chi connectivity index (χ0) is 16.9. The van der Waals surface area contributed by atoms with Crippen molar-refractivity contribution in [3.8, 4) is 0 Å². The molecule has 1 fully saturated rings. The first-order chi connectivity index (χ1) is 10.8. The first-order valence-corrected chi connectivity index (χ1v) is 9.28. The lowest BCUT2D eigenvalue weighted by molar-refractivity contribution is -0.118. The number of piperidine rings is 1. The van der Waals surface area contributed by atoms with Gasteiger partial charge in [-0.3, -0.25) is 4.98 Å². The Morgan fingerprint density at radius 3 is 2.91 bits per heavy atom. The standard InChI is InChI=1S/C15H22F2N2O3S/c1-2-8-23(20,21)19-7-5-15(16,17)14(10-19)12-22-11-13-4-3-6-18-9-13/h3-4,6,9,14H,2,5,7-8,10-12H2,1H3. The van der Waals surface area contributed by atoms with Crippen LogP contribution in [0.3, 0.4) is 0 Å². The molecule has 0 spiro atoms. The minimum absolute atomic E-state index is 0.0121. The molecule has 0 N–H and O–H groups in total. The van der Waals surface area contributed by atoms with Gasteiger partial charge in [-0.1, -0.05) is 13.0 Å². The molecule has 0 aromatic carbocycles. The van der Waals surface area contributed by atoms with Crippen LogP contribution in [-0.2, 0) is 21.4 Å². The fourth-order valence-corrected chi connectivity index (χ4v) is 4.12. The van der Waals surface area contributed by atoms with Crippen molar-refractivity contribution in [1.29, 1.82) is 0 Å². The van der Waals surface area contributed by atoms with E-state index < -0.39 is 28.3 Å². The Hall–Kier alpha value is -1.12. The van der Waals surface area contributed by atoms with Crippen LogP contribution in [0.4, 0.5) is 8.78 Å². The van der Waals surface area contributed by atoms with Crippen molar-refractivity contribution in [1.82, 2.24) is 9.29 Å². The number of aromatic nitrogens is 1. The molecule has 2 heterocycles. The number of hydrogen-bond acceptors (Lipinski definition) is 4. The number of halogens is 2. The quantitative estimate of drug-likeness (QED) is 0.759. The molecule has 0 bridgehead atoms. The van der Waals surface area contributed by atoms with Crippen molar-refractivity contribution in [2.24, 2.45) is 5.92 Å². The molecule has 1 aromatic rings. The highest BCUT2D eigenvalue weighted by molar-refractivity contribution is 7.89. The van der Waals surface area contributed by atoms with Crippen LogP contribution in [0.1, 0.15) is 25.3 Å². The topological polar surface area (TPSA) is 59.5 Å². The lowest BCUT2D eigenvalue weighted by Crippen LogP contribution is -2.51. The van der Waals surface area contributed by atoms with Gasteiger partial charge < -0.3 is 4.74 Å². The van der Waals surface area contributed by atoms with E-state index in [1.54, 1.807) is 31.5 Å². The van der Waals surface area contributed by atoms with Gasteiger partial charge in [0.15, 0.2) is 0 Å². The maximum absolute atomic E-state index is 14.0. The minimum Gasteiger partial charge on any atom is -0.376 e. The molecule has 0 radical (unpaired) electrons. The van der Waals surface area contributed by atoms with Gasteiger partial charge in [-0.2, -0.15) is 0 Å². The van der Waals surface area contributed by atoms with E-state index in [1.807, 2.05) is 0 Å². The molecule has 0 aliphatic carbocycles. The summed E-state index contributed by atoms with van der Waals surface area (Å²) >= 11 is 0. The number of ether oxygens (including phenoxy) is 1. The van der Waals surface area contributed by atoms with Gasteiger partial charge in [-0.05, 0) is 18.1 Å². The maximum atomic E-state index is 14.0. The Morgan fingerprint density at radius 2 is 2.26 bits per heavy atom. The number of alkyl halides is 2. The molecule has 8 heteroatoms. The number of nitrogens with zero attached hydrogens (tertiary/aromatic N) is 2. The normalized spacial score (nSPS) is 22.1. The summed E-state index contributed by atoms with van der Waals surface area (Å²) < 4.78 is 58.7. The molecule has 1 saturated heterocycles. The molecule has 130 valence electrons. The fourth-order valence-electron chi connectivity index (χ4n) is 2.57. The smallest absolute Gasteiger partial charge is 0.255 e. The van der Waals surface area contributed by atoms with E-state index in [2.05, 4.69) is 4.98 Å². The Labute approximate surface area is 135 Å². The SMILES string of the molecule is CCCS(=O)(=O)N1CCC(F)(F)C(COCc2cccnc2)C1. The first-order valence-electron chi connectivity index (χ1n) is 7.67. The van der Waals surface area contributed by atoms with E-state index in [1.165, 1.54) is 4.31 Å². The maximum Gasteiger partial charge on any atom is 0.255 e. The van der Waals surface area contributed by atoms with Crippen molar-refractivity contribution < 1.29 is 21.9 Å². The third kappa shape index (κ3) is 4.92. The highest BCUT2D eigenvalue weighted by Gasteiger charge is 2.46. The molecule has 1 atom stereocenters. The van der Waals surface area contributed by atoms with Gasteiger partial charge in [0, 0.05) is 31.9 Å². The van der Waals surface area contributed by atoms with Crippen LogP contribution in [0.2, 0.25) is 0 Å². The van der Waals surface area contributed by atoms with Gasteiger partial charge in [0.1, 0.15) is 0 Å². The van der Waals surface area contributed by atoms with Crippen LogP contribution in [0.25, 0.3) is 0 Å². The van der Waals surface area contributed by atoms with Crippen LogP contribution in [0.15, 0.2) is 24.5 Å². The Balaban J connectivity index is 1.94. The van der Waals surface area contributed by atoms with Crippen molar-refractivity contribution in [3.05, 3.63) is 30.1 Å². The Bertz CT molecular complexity index is 596. The number of pyridine rings is 1. The van der Waals surface area contributed by atoms with Crippen LogP contribution in [-0.4, -0.2) is 49.1 Å². The van der Waals surface area contributed by atoms with Crippen LogP contribution in [0.5, 0.6) is 0 Å². The summed E-state index contributed by atoms with van der Waals surface area (Å²) in [5.74, 6) is -4.05. The number of sulfonamides is 1. The van der Waals surface area contributed by atoms with E-state index in [4.69, 9.17) is 4.74 Å². The molecule has 1 unspecified atom stereocenters. The van der Waals surface area contributed by atoms with Crippen LogP contribution in [0, 0.1) is 5.92 Å². The average Bonchev–Trinajstić information content (AvgIpc) is 2.49. The van der Waals surface area contributed by atoms with Crippen molar-refractivity contribution in [3.63, 3.8) is 0 Å². The first kappa shape index (κ1) is 18.2. The number of rotatable bonds is 7. The van der Waals surface area contributed by atoms with E-state index in [0.717, 1.165) is 5.56 Å². The predicted octanol–water partition coefficient (Wildman–Crippen LogP) is 2.30. The van der Waals surface area contributed by atoms with Crippen molar-refractivity contribution >= 4 is 10.0 Å². The van der Waals surface area contributed by atoms with Gasteiger partial charge in [0.25, 0.3) is 5.92 Å². The van der Waals surface area contributed by atoms with Crippen molar-refractivity contribution in [2.45, 2.75) is 32.3 Å². The summed E-state index contributed by atoms with van der Waals surface area (Å²) in [4.78, 5) is 3.93. The summed E-state index contributed by atoms with van der Waals surface area (Å²) in [6.45, 7) is 1.43. The van der Waals surface area contributed by atoms with Crippen molar-refractivity contribution in [2.75, 3.05) is 25.4 Å². The fraction of sp³-hybridized carbons (Fsp3) is 0.667. The molecule has 23 heavy (non-hydrogen) atoms. The minimum atomic E-state index is -3.46. The van der Waals surface area contributed by atoms with Crippen LogP contribution >= 0.6 is 0 Å². The zero-order valence-corrected chi connectivity index (χ0v) is 13.9. The largest absolute Gasteiger partial charge is 0.376 e. The van der Waals surface area contributed by atoms with Gasteiger partial charge >= 0.3 is 0 Å². The van der Waals surface area contributed by atoms with E-state index in [0.29, 0.717) is 6.42 Å².